The standard InChI is InChI=1S/C15H24BrNO2/c1-9(2)10(3)15(17-4)11-7-13(18-5)14(19-6)8-12(11)16/h7-10,15,17H,1-6H3. The molecule has 0 aliphatic carbocycles. The van der Waals surface area contributed by atoms with Gasteiger partial charge >= 0.3 is 0 Å². The maximum Gasteiger partial charge on any atom is 0.161 e. The lowest BCUT2D eigenvalue weighted by Crippen LogP contribution is -2.27. The van der Waals surface area contributed by atoms with Gasteiger partial charge in [-0.3, -0.25) is 0 Å². The van der Waals surface area contributed by atoms with Gasteiger partial charge in [0.15, 0.2) is 11.5 Å². The van der Waals surface area contributed by atoms with Crippen LogP contribution in [0.15, 0.2) is 16.6 Å². The Kier molecular flexibility index (Phi) is 6.14. The second kappa shape index (κ2) is 7.15. The summed E-state index contributed by atoms with van der Waals surface area (Å²) in [5.41, 5.74) is 1.20. The Morgan fingerprint density at radius 1 is 1.05 bits per heavy atom. The molecular weight excluding hydrogens is 306 g/mol. The van der Waals surface area contributed by atoms with Crippen LogP contribution in [0.2, 0.25) is 0 Å². The van der Waals surface area contributed by atoms with E-state index in [0.29, 0.717) is 11.8 Å². The number of ether oxygens (including phenoxy) is 2. The Hall–Kier alpha value is -0.740. The molecule has 0 saturated heterocycles. The first-order chi connectivity index (χ1) is 8.96. The lowest BCUT2D eigenvalue weighted by molar-refractivity contribution is 0.313. The molecule has 2 unspecified atom stereocenters. The summed E-state index contributed by atoms with van der Waals surface area (Å²) in [6, 6.07) is 4.28. The molecule has 0 amide bonds. The van der Waals surface area contributed by atoms with Gasteiger partial charge in [0, 0.05) is 10.5 Å². The Morgan fingerprint density at radius 2 is 1.58 bits per heavy atom. The summed E-state index contributed by atoms with van der Waals surface area (Å²) >= 11 is 3.63. The zero-order chi connectivity index (χ0) is 14.6. The highest BCUT2D eigenvalue weighted by molar-refractivity contribution is 9.10. The van der Waals surface area contributed by atoms with E-state index in [2.05, 4.69) is 42.0 Å². The fourth-order valence-corrected chi connectivity index (χ4v) is 2.76. The van der Waals surface area contributed by atoms with E-state index >= 15 is 0 Å². The van der Waals surface area contributed by atoms with Gasteiger partial charge in [0.2, 0.25) is 0 Å². The third-order valence-corrected chi connectivity index (χ3v) is 4.41. The van der Waals surface area contributed by atoms with Crippen molar-refractivity contribution in [2.45, 2.75) is 26.8 Å². The number of nitrogens with one attached hydrogen (secondary N) is 1. The van der Waals surface area contributed by atoms with Gasteiger partial charge in [-0.25, -0.2) is 0 Å². The van der Waals surface area contributed by atoms with Gasteiger partial charge in [0.1, 0.15) is 0 Å². The van der Waals surface area contributed by atoms with E-state index in [9.17, 15) is 0 Å². The Bertz CT molecular complexity index is 421. The van der Waals surface area contributed by atoms with E-state index in [-0.39, 0.29) is 6.04 Å². The lowest BCUT2D eigenvalue weighted by Gasteiger charge is -2.28. The molecule has 1 aromatic carbocycles. The minimum absolute atomic E-state index is 0.272. The SMILES string of the molecule is CNC(c1cc(OC)c(OC)cc1Br)C(C)C(C)C. The molecule has 0 radical (unpaired) electrons. The van der Waals surface area contributed by atoms with Crippen molar-refractivity contribution in [3.05, 3.63) is 22.2 Å². The zero-order valence-corrected chi connectivity index (χ0v) is 14.2. The summed E-state index contributed by atoms with van der Waals surface area (Å²) in [5, 5.41) is 3.40. The monoisotopic (exact) mass is 329 g/mol. The Morgan fingerprint density at radius 3 is 2.00 bits per heavy atom. The molecule has 2 atom stereocenters. The third kappa shape index (κ3) is 3.63. The molecule has 0 aromatic heterocycles. The normalized spacial score (nSPS) is 14.3. The molecule has 1 rings (SSSR count). The summed E-state index contributed by atoms with van der Waals surface area (Å²) in [5.74, 6) is 2.61. The van der Waals surface area contributed by atoms with Gasteiger partial charge in [-0.1, -0.05) is 36.7 Å². The summed E-state index contributed by atoms with van der Waals surface area (Å²) in [4.78, 5) is 0. The molecule has 0 spiro atoms. The smallest absolute Gasteiger partial charge is 0.161 e. The van der Waals surface area contributed by atoms with E-state index in [1.165, 1.54) is 5.56 Å². The van der Waals surface area contributed by atoms with Crippen molar-refractivity contribution >= 4 is 15.9 Å². The van der Waals surface area contributed by atoms with Crippen LogP contribution in [0.25, 0.3) is 0 Å². The summed E-state index contributed by atoms with van der Waals surface area (Å²) in [7, 11) is 5.30. The predicted molar refractivity (Wildman–Crippen MR) is 83.0 cm³/mol. The summed E-state index contributed by atoms with van der Waals surface area (Å²) in [6.45, 7) is 6.74. The van der Waals surface area contributed by atoms with E-state index in [4.69, 9.17) is 9.47 Å². The van der Waals surface area contributed by atoms with Gasteiger partial charge in [0.25, 0.3) is 0 Å². The second-order valence-electron chi connectivity index (χ2n) is 5.10. The summed E-state index contributed by atoms with van der Waals surface area (Å²) < 4.78 is 11.7. The predicted octanol–water partition coefficient (Wildman–Crippen LogP) is 4.02. The number of rotatable bonds is 6. The van der Waals surface area contributed by atoms with Crippen LogP contribution < -0.4 is 14.8 Å². The topological polar surface area (TPSA) is 30.5 Å². The maximum absolute atomic E-state index is 5.39. The second-order valence-corrected chi connectivity index (χ2v) is 5.95. The first kappa shape index (κ1) is 16.3. The van der Waals surface area contributed by atoms with E-state index in [1.54, 1.807) is 14.2 Å². The molecule has 3 nitrogen and oxygen atoms in total. The molecule has 0 heterocycles. The Balaban J connectivity index is 3.24. The molecule has 19 heavy (non-hydrogen) atoms. The number of hydrogen-bond donors (Lipinski definition) is 1. The van der Waals surface area contributed by atoms with Gasteiger partial charge in [-0.15, -0.1) is 0 Å². The van der Waals surface area contributed by atoms with Crippen LogP contribution in [0, 0.1) is 11.8 Å². The first-order valence-electron chi connectivity index (χ1n) is 6.54. The van der Waals surface area contributed by atoms with Crippen molar-refractivity contribution in [1.29, 1.82) is 0 Å². The number of benzene rings is 1. The van der Waals surface area contributed by atoms with E-state index in [1.807, 2.05) is 19.2 Å². The van der Waals surface area contributed by atoms with Crippen LogP contribution >= 0.6 is 15.9 Å². The van der Waals surface area contributed by atoms with Crippen LogP contribution in [0.3, 0.4) is 0 Å². The molecule has 0 saturated carbocycles. The van der Waals surface area contributed by atoms with Gasteiger partial charge in [-0.2, -0.15) is 0 Å². The minimum atomic E-state index is 0.272. The van der Waals surface area contributed by atoms with Gasteiger partial charge in [0.05, 0.1) is 14.2 Å². The average Bonchev–Trinajstić information content (AvgIpc) is 2.40. The van der Waals surface area contributed by atoms with Crippen molar-refractivity contribution in [1.82, 2.24) is 5.32 Å². The highest BCUT2D eigenvalue weighted by Gasteiger charge is 2.24. The van der Waals surface area contributed by atoms with Crippen molar-refractivity contribution in [2.75, 3.05) is 21.3 Å². The van der Waals surface area contributed by atoms with Crippen molar-refractivity contribution in [3.63, 3.8) is 0 Å². The van der Waals surface area contributed by atoms with E-state index < -0.39 is 0 Å². The molecule has 1 aromatic rings. The quantitative estimate of drug-likeness (QED) is 0.855. The largest absolute Gasteiger partial charge is 0.493 e. The highest BCUT2D eigenvalue weighted by atomic mass is 79.9. The first-order valence-corrected chi connectivity index (χ1v) is 7.34. The number of hydrogen-bond acceptors (Lipinski definition) is 3. The summed E-state index contributed by atoms with van der Waals surface area (Å²) in [6.07, 6.45) is 0. The minimum Gasteiger partial charge on any atom is -0.493 e. The molecule has 108 valence electrons. The van der Waals surface area contributed by atoms with Crippen LogP contribution in [-0.4, -0.2) is 21.3 Å². The van der Waals surface area contributed by atoms with Crippen LogP contribution in [0.5, 0.6) is 11.5 Å². The fraction of sp³-hybridized carbons (Fsp3) is 0.600. The van der Waals surface area contributed by atoms with Crippen LogP contribution in [-0.2, 0) is 0 Å². The molecule has 0 fully saturated rings. The number of methoxy groups -OCH3 is 2. The number of halogens is 1. The lowest BCUT2D eigenvalue weighted by atomic mass is 9.86. The maximum atomic E-state index is 5.39. The van der Waals surface area contributed by atoms with Crippen molar-refractivity contribution < 1.29 is 9.47 Å². The van der Waals surface area contributed by atoms with E-state index in [0.717, 1.165) is 16.0 Å². The van der Waals surface area contributed by atoms with Gasteiger partial charge in [-0.05, 0) is 36.6 Å². The molecule has 0 aliphatic rings. The van der Waals surface area contributed by atoms with Crippen LogP contribution in [0.1, 0.15) is 32.4 Å². The third-order valence-electron chi connectivity index (χ3n) is 3.73. The van der Waals surface area contributed by atoms with Gasteiger partial charge < -0.3 is 14.8 Å². The zero-order valence-electron chi connectivity index (χ0n) is 12.6. The molecule has 4 heteroatoms. The van der Waals surface area contributed by atoms with Crippen LogP contribution in [0.4, 0.5) is 0 Å². The average molecular weight is 330 g/mol. The molecule has 0 aliphatic heterocycles. The molecular formula is C15H24BrNO2. The highest BCUT2D eigenvalue weighted by Crippen LogP contribution is 2.39. The fourth-order valence-electron chi connectivity index (χ4n) is 2.19. The Labute approximate surface area is 124 Å². The molecule has 0 bridgehead atoms. The van der Waals surface area contributed by atoms with Crippen molar-refractivity contribution in [3.8, 4) is 11.5 Å². The van der Waals surface area contributed by atoms with Crippen molar-refractivity contribution in [2.24, 2.45) is 11.8 Å². The molecule has 1 N–H and O–H groups in total.